The van der Waals surface area contributed by atoms with Gasteiger partial charge in [0.25, 0.3) is 5.91 Å². The molecule has 1 amide bonds. The third-order valence-corrected chi connectivity index (χ3v) is 2.46. The average Bonchev–Trinajstić information content (AvgIpc) is 2.80. The van der Waals surface area contributed by atoms with E-state index < -0.39 is 0 Å². The lowest BCUT2D eigenvalue weighted by Gasteiger charge is -2.08. The van der Waals surface area contributed by atoms with Gasteiger partial charge in [-0.1, -0.05) is 0 Å². The van der Waals surface area contributed by atoms with Crippen molar-refractivity contribution in [3.05, 3.63) is 23.7 Å². The molecule has 1 aromatic rings. The lowest BCUT2D eigenvalue weighted by atomic mass is 10.2. The molecule has 1 rings (SSSR count). The molecule has 0 unspecified atom stereocenters. The van der Waals surface area contributed by atoms with Crippen LogP contribution < -0.4 is 16.0 Å². The van der Waals surface area contributed by atoms with Crippen LogP contribution in [0.3, 0.4) is 0 Å². The number of furan rings is 1. The van der Waals surface area contributed by atoms with E-state index in [0.717, 1.165) is 24.5 Å². The van der Waals surface area contributed by atoms with Crippen molar-refractivity contribution in [2.45, 2.75) is 13.3 Å². The summed E-state index contributed by atoms with van der Waals surface area (Å²) in [4.78, 5) is 15.7. The molecule has 6 nitrogen and oxygen atoms in total. The number of hydrogen-bond acceptors (Lipinski definition) is 3. The summed E-state index contributed by atoms with van der Waals surface area (Å²) >= 11 is 0. The van der Waals surface area contributed by atoms with Crippen LogP contribution in [-0.4, -0.2) is 39.1 Å². The molecule has 0 saturated heterocycles. The van der Waals surface area contributed by atoms with Crippen LogP contribution in [0, 0.1) is 6.92 Å². The van der Waals surface area contributed by atoms with Crippen molar-refractivity contribution in [1.82, 2.24) is 16.0 Å². The topological polar surface area (TPSA) is 78.7 Å². The molecule has 0 aromatic carbocycles. The molecule has 19 heavy (non-hydrogen) atoms. The van der Waals surface area contributed by atoms with Crippen molar-refractivity contribution in [2.75, 3.05) is 27.2 Å². The van der Waals surface area contributed by atoms with Gasteiger partial charge in [-0.3, -0.25) is 9.79 Å². The van der Waals surface area contributed by atoms with E-state index in [-0.39, 0.29) is 29.9 Å². The summed E-state index contributed by atoms with van der Waals surface area (Å²) in [5.74, 6) is 0.952. The predicted octanol–water partition coefficient (Wildman–Crippen LogP) is 1.12. The smallest absolute Gasteiger partial charge is 0.287 e. The fraction of sp³-hybridized carbons (Fsp3) is 0.500. The summed E-state index contributed by atoms with van der Waals surface area (Å²) in [5.41, 5.74) is 0.848. The second-order valence-electron chi connectivity index (χ2n) is 3.79. The third-order valence-electron chi connectivity index (χ3n) is 2.46. The van der Waals surface area contributed by atoms with Gasteiger partial charge in [-0.25, -0.2) is 0 Å². The van der Waals surface area contributed by atoms with E-state index in [9.17, 15) is 4.79 Å². The minimum atomic E-state index is -0.171. The maximum Gasteiger partial charge on any atom is 0.287 e. The number of hydrogen-bond donors (Lipinski definition) is 3. The first kappa shape index (κ1) is 17.8. The molecule has 7 heteroatoms. The fourth-order valence-electron chi connectivity index (χ4n) is 1.46. The Labute approximate surface area is 130 Å². The van der Waals surface area contributed by atoms with Gasteiger partial charge in [0.2, 0.25) is 0 Å². The second-order valence-corrected chi connectivity index (χ2v) is 3.79. The second kappa shape index (κ2) is 9.65. The largest absolute Gasteiger partial charge is 0.459 e. The quantitative estimate of drug-likeness (QED) is 0.310. The van der Waals surface area contributed by atoms with Crippen LogP contribution in [0.4, 0.5) is 0 Å². The van der Waals surface area contributed by atoms with E-state index in [0.29, 0.717) is 12.3 Å². The molecule has 0 aliphatic rings. The Hall–Kier alpha value is -1.25. The number of nitrogens with zero attached hydrogens (tertiary/aromatic N) is 1. The summed E-state index contributed by atoms with van der Waals surface area (Å²) in [6.45, 7) is 3.18. The van der Waals surface area contributed by atoms with Gasteiger partial charge in [0.05, 0.1) is 6.26 Å². The summed E-state index contributed by atoms with van der Waals surface area (Å²) in [7, 11) is 3.51. The minimum absolute atomic E-state index is 0. The molecular formula is C12H21IN4O2. The zero-order chi connectivity index (χ0) is 13.4. The summed E-state index contributed by atoms with van der Waals surface area (Å²) in [6.07, 6.45) is 2.33. The number of amides is 1. The average molecular weight is 380 g/mol. The van der Waals surface area contributed by atoms with Gasteiger partial charge in [-0.15, -0.1) is 24.0 Å². The number of carbonyl (C=O) groups excluding carboxylic acids is 1. The Bertz CT molecular complexity index is 418. The molecule has 0 saturated carbocycles. The normalized spacial score (nSPS) is 10.6. The highest BCUT2D eigenvalue weighted by Crippen LogP contribution is 2.07. The highest BCUT2D eigenvalue weighted by Gasteiger charge is 2.11. The minimum Gasteiger partial charge on any atom is -0.459 e. The van der Waals surface area contributed by atoms with Gasteiger partial charge < -0.3 is 20.4 Å². The van der Waals surface area contributed by atoms with Crippen LogP contribution >= 0.6 is 24.0 Å². The van der Waals surface area contributed by atoms with Crippen molar-refractivity contribution in [3.8, 4) is 0 Å². The highest BCUT2D eigenvalue weighted by molar-refractivity contribution is 14.0. The summed E-state index contributed by atoms with van der Waals surface area (Å²) < 4.78 is 5.10. The van der Waals surface area contributed by atoms with Crippen molar-refractivity contribution in [1.29, 1.82) is 0 Å². The van der Waals surface area contributed by atoms with Crippen LogP contribution in [0.2, 0.25) is 0 Å². The van der Waals surface area contributed by atoms with Crippen molar-refractivity contribution >= 4 is 35.8 Å². The number of nitrogens with one attached hydrogen (secondary N) is 3. The Balaban J connectivity index is 0.00000324. The Morgan fingerprint density at radius 3 is 2.58 bits per heavy atom. The Kier molecular flexibility index (Phi) is 9.02. The van der Waals surface area contributed by atoms with E-state index >= 15 is 0 Å². The summed E-state index contributed by atoms with van der Waals surface area (Å²) in [5, 5.41) is 8.82. The molecule has 0 spiro atoms. The number of aryl methyl sites for hydroxylation is 1. The van der Waals surface area contributed by atoms with E-state index in [4.69, 9.17) is 4.42 Å². The van der Waals surface area contributed by atoms with E-state index in [1.165, 1.54) is 6.26 Å². The van der Waals surface area contributed by atoms with Crippen LogP contribution in [0.5, 0.6) is 0 Å². The monoisotopic (exact) mass is 380 g/mol. The molecule has 0 fully saturated rings. The number of halogens is 1. The molecule has 108 valence electrons. The van der Waals surface area contributed by atoms with Crippen LogP contribution in [0.25, 0.3) is 0 Å². The van der Waals surface area contributed by atoms with Crippen LogP contribution in [0.1, 0.15) is 22.5 Å². The molecular weight excluding hydrogens is 359 g/mol. The molecule has 0 bridgehead atoms. The standard InChI is InChI=1S/C12H20N4O2.HI/c1-9-5-8-18-10(9)11(17)15-6-4-7-16-12(13-2)14-3;/h5,8H,4,6-7H2,1-3H3,(H,15,17)(H2,13,14,16);1H. The zero-order valence-corrected chi connectivity index (χ0v) is 13.8. The van der Waals surface area contributed by atoms with Gasteiger partial charge in [-0.2, -0.15) is 0 Å². The third kappa shape index (κ3) is 5.95. The molecule has 1 heterocycles. The van der Waals surface area contributed by atoms with Gasteiger partial charge in [0.15, 0.2) is 11.7 Å². The lowest BCUT2D eigenvalue weighted by Crippen LogP contribution is -2.36. The van der Waals surface area contributed by atoms with Gasteiger partial charge in [-0.05, 0) is 19.4 Å². The van der Waals surface area contributed by atoms with Crippen molar-refractivity contribution in [3.63, 3.8) is 0 Å². The van der Waals surface area contributed by atoms with Gasteiger partial charge in [0, 0.05) is 32.7 Å². The van der Waals surface area contributed by atoms with Crippen LogP contribution in [-0.2, 0) is 0 Å². The first-order valence-electron chi connectivity index (χ1n) is 5.89. The maximum absolute atomic E-state index is 11.7. The SMILES string of the molecule is CN=C(NC)NCCCNC(=O)c1occc1C.I. The number of rotatable bonds is 5. The molecule has 0 aliphatic carbocycles. The lowest BCUT2D eigenvalue weighted by molar-refractivity contribution is 0.0925. The Morgan fingerprint density at radius 1 is 1.37 bits per heavy atom. The first-order chi connectivity index (χ1) is 8.69. The molecule has 0 aliphatic heterocycles. The molecule has 0 atom stereocenters. The number of aliphatic imine (C=N–C) groups is 1. The molecule has 0 radical (unpaired) electrons. The fourth-order valence-corrected chi connectivity index (χ4v) is 1.46. The predicted molar refractivity (Wildman–Crippen MR) is 86.2 cm³/mol. The molecule has 1 aromatic heterocycles. The van der Waals surface area contributed by atoms with E-state index in [1.807, 2.05) is 6.92 Å². The maximum atomic E-state index is 11.7. The Morgan fingerprint density at radius 2 is 2.05 bits per heavy atom. The van der Waals surface area contributed by atoms with E-state index in [1.54, 1.807) is 20.2 Å². The van der Waals surface area contributed by atoms with Crippen molar-refractivity contribution < 1.29 is 9.21 Å². The number of carbonyl (C=O) groups is 1. The summed E-state index contributed by atoms with van der Waals surface area (Å²) in [6, 6.07) is 1.77. The first-order valence-corrected chi connectivity index (χ1v) is 5.89. The number of guanidine groups is 1. The van der Waals surface area contributed by atoms with Crippen LogP contribution in [0.15, 0.2) is 21.7 Å². The zero-order valence-electron chi connectivity index (χ0n) is 11.4. The van der Waals surface area contributed by atoms with Gasteiger partial charge in [0.1, 0.15) is 0 Å². The molecule has 3 N–H and O–H groups in total. The highest BCUT2D eigenvalue weighted by atomic mass is 127. The van der Waals surface area contributed by atoms with Crippen molar-refractivity contribution in [2.24, 2.45) is 4.99 Å². The van der Waals surface area contributed by atoms with Gasteiger partial charge >= 0.3 is 0 Å². The van der Waals surface area contributed by atoms with E-state index in [2.05, 4.69) is 20.9 Å².